The summed E-state index contributed by atoms with van der Waals surface area (Å²) in [6.45, 7) is 2.21. The average Bonchev–Trinajstić information content (AvgIpc) is 3.16. The second-order valence-corrected chi connectivity index (χ2v) is 12.8. The fourth-order valence-electron chi connectivity index (χ4n) is 8.06. The number of alkyl halides is 1. The third-order valence-electron chi connectivity index (χ3n) is 10.5. The normalized spacial score (nSPS) is 37.2. The fraction of sp³-hybridized carbons (Fsp3) is 0.733. The minimum Gasteiger partial charge on any atom is -0.457 e. The highest BCUT2D eigenvalue weighted by Gasteiger charge is 2.76. The molecule has 0 aromatic rings. The largest absolute Gasteiger partial charge is 0.457 e. The number of nitrogens with one attached hydrogen (secondary N) is 1. The van der Waals surface area contributed by atoms with Gasteiger partial charge in [-0.2, -0.15) is 0 Å². The molecule has 14 heteroatoms. The van der Waals surface area contributed by atoms with Gasteiger partial charge in [-0.25, -0.2) is 4.39 Å². The second-order valence-electron chi connectivity index (χ2n) is 12.8. The zero-order valence-corrected chi connectivity index (χ0v) is 25.0. The van der Waals surface area contributed by atoms with Crippen molar-refractivity contribution in [3.8, 4) is 0 Å². The molecule has 44 heavy (non-hydrogen) atoms. The van der Waals surface area contributed by atoms with E-state index in [0.29, 0.717) is 24.8 Å². The van der Waals surface area contributed by atoms with Crippen molar-refractivity contribution >= 4 is 23.4 Å². The van der Waals surface area contributed by atoms with Gasteiger partial charge in [0.15, 0.2) is 23.7 Å². The van der Waals surface area contributed by atoms with Gasteiger partial charge in [0.25, 0.3) is 5.09 Å². The lowest BCUT2D eigenvalue weighted by molar-refractivity contribution is -0.757. The monoisotopic (exact) mass is 624 g/mol. The maximum absolute atomic E-state index is 17.2. The van der Waals surface area contributed by atoms with Crippen molar-refractivity contribution in [2.24, 2.45) is 22.7 Å². The molecule has 2 saturated carbocycles. The summed E-state index contributed by atoms with van der Waals surface area (Å²) < 4.78 is 22.3. The van der Waals surface area contributed by atoms with Gasteiger partial charge in [0, 0.05) is 36.1 Å². The van der Waals surface area contributed by atoms with Crippen molar-refractivity contribution in [2.45, 2.75) is 95.1 Å². The molecule has 4 rings (SSSR count). The Kier molecular flexibility index (Phi) is 9.67. The van der Waals surface area contributed by atoms with Crippen LogP contribution in [0.25, 0.3) is 0 Å². The van der Waals surface area contributed by atoms with Crippen LogP contribution < -0.4 is 5.32 Å². The van der Waals surface area contributed by atoms with Gasteiger partial charge in [-0.05, 0) is 51.0 Å². The zero-order chi connectivity index (χ0) is 32.5. The number of rotatable bonds is 13. The maximum Gasteiger partial charge on any atom is 0.308 e. The molecule has 0 spiro atoms. The van der Waals surface area contributed by atoms with Crippen LogP contribution in [-0.2, 0) is 28.8 Å². The summed E-state index contributed by atoms with van der Waals surface area (Å²) in [6.07, 6.45) is 2.48. The molecular formula is C30H41FN2O11. The van der Waals surface area contributed by atoms with Gasteiger partial charge in [-0.3, -0.25) is 19.2 Å². The molecule has 4 N–H and O–H groups in total. The van der Waals surface area contributed by atoms with Gasteiger partial charge in [0.2, 0.25) is 11.7 Å². The van der Waals surface area contributed by atoms with Gasteiger partial charge >= 0.3 is 5.97 Å². The fourth-order valence-corrected chi connectivity index (χ4v) is 8.06. The van der Waals surface area contributed by atoms with Crippen molar-refractivity contribution in [2.75, 3.05) is 19.8 Å². The molecule has 2 fully saturated rings. The summed E-state index contributed by atoms with van der Waals surface area (Å²) in [5, 5.41) is 45.9. The van der Waals surface area contributed by atoms with Crippen LogP contribution in [0.15, 0.2) is 23.8 Å². The summed E-state index contributed by atoms with van der Waals surface area (Å²) >= 11 is 0. The van der Waals surface area contributed by atoms with Crippen LogP contribution in [0.4, 0.5) is 4.39 Å². The first-order valence-electron chi connectivity index (χ1n) is 15.0. The number of halogens is 1. The summed E-state index contributed by atoms with van der Waals surface area (Å²) in [5.41, 5.74) is -6.73. The Morgan fingerprint density at radius 3 is 2.57 bits per heavy atom. The molecule has 0 aromatic carbocycles. The van der Waals surface area contributed by atoms with Crippen LogP contribution in [0, 0.1) is 32.8 Å². The van der Waals surface area contributed by atoms with Crippen LogP contribution >= 0.6 is 0 Å². The number of hydrogen-bond donors (Lipinski definition) is 4. The molecule has 0 aromatic heterocycles. The molecule has 1 amide bonds. The van der Waals surface area contributed by atoms with E-state index in [9.17, 15) is 44.6 Å². The quantitative estimate of drug-likeness (QED) is 0.0759. The number of carbonyl (C=O) groups is 4. The predicted molar refractivity (Wildman–Crippen MR) is 150 cm³/mol. The molecule has 244 valence electrons. The van der Waals surface area contributed by atoms with Crippen molar-refractivity contribution in [3.05, 3.63) is 33.9 Å². The van der Waals surface area contributed by atoms with E-state index in [2.05, 4.69) is 10.2 Å². The van der Waals surface area contributed by atoms with Gasteiger partial charge in [-0.15, -0.1) is 10.1 Å². The summed E-state index contributed by atoms with van der Waals surface area (Å²) in [7, 11) is 0. The zero-order valence-electron chi connectivity index (χ0n) is 25.0. The lowest BCUT2D eigenvalue weighted by atomic mass is 9.45. The first kappa shape index (κ1) is 33.7. The molecule has 4 aliphatic rings. The van der Waals surface area contributed by atoms with E-state index in [1.54, 1.807) is 19.9 Å². The summed E-state index contributed by atoms with van der Waals surface area (Å²) in [6, 6.07) is 0. The molecular weight excluding hydrogens is 583 g/mol. The average molecular weight is 625 g/mol. The van der Waals surface area contributed by atoms with E-state index in [0.717, 1.165) is 0 Å². The van der Waals surface area contributed by atoms with Crippen LogP contribution in [0.1, 0.15) is 71.6 Å². The molecule has 0 bridgehead atoms. The molecule has 0 unspecified atom stereocenters. The van der Waals surface area contributed by atoms with Gasteiger partial charge < -0.3 is 30.2 Å². The van der Waals surface area contributed by atoms with Crippen molar-refractivity contribution in [3.63, 3.8) is 0 Å². The Balaban J connectivity index is 1.32. The Morgan fingerprint density at radius 1 is 1.14 bits per heavy atom. The lowest BCUT2D eigenvalue weighted by Crippen LogP contribution is -2.69. The number of nitrogens with zero attached hydrogens (tertiary/aromatic N) is 1. The number of unbranched alkanes of at least 4 members (excludes halogenated alkanes) is 2. The number of ether oxygens (including phenoxy) is 1. The van der Waals surface area contributed by atoms with E-state index in [4.69, 9.17) is 4.74 Å². The van der Waals surface area contributed by atoms with Crippen molar-refractivity contribution in [1.29, 1.82) is 0 Å². The first-order chi connectivity index (χ1) is 20.6. The number of amides is 1. The number of hydrogen-bond acceptors (Lipinski definition) is 11. The van der Waals surface area contributed by atoms with E-state index < -0.39 is 69.6 Å². The van der Waals surface area contributed by atoms with Gasteiger partial charge in [0.1, 0.15) is 0 Å². The second kappa shape index (κ2) is 12.6. The maximum atomic E-state index is 17.2. The highest BCUT2D eigenvalue weighted by Crippen LogP contribution is 2.69. The standard InChI is InChI=1S/C30H41FN2O11/c1-27-11-9-19(34)14-18(27)7-8-20-21-15-22(35)30(40,28(21,2)16-23(36)29(20,27)31)24(37)17-43-26(39)10-12-32-25(38)6-4-3-5-13-44-33(41)42/h7,9,11,20-23,35-36,40H,3-6,8,10,12-17H2,1-2H3,(H,32,38)/t20-,21-,22+,23-,27-,28-,29-,30-/m0/s1. The van der Waals surface area contributed by atoms with Crippen LogP contribution in [-0.4, -0.2) is 87.1 Å². The Labute approximate surface area is 253 Å². The van der Waals surface area contributed by atoms with E-state index >= 15 is 4.39 Å². The van der Waals surface area contributed by atoms with Crippen LogP contribution in [0.2, 0.25) is 0 Å². The summed E-state index contributed by atoms with van der Waals surface area (Å²) in [4.78, 5) is 63.9. The number of allylic oxidation sites excluding steroid dienone is 4. The third kappa shape index (κ3) is 5.67. The highest BCUT2D eigenvalue weighted by atomic mass is 19.1. The number of Topliss-reactive ketones (excluding diaryl/α,β-unsaturated/α-hetero) is 1. The molecule has 0 saturated heterocycles. The summed E-state index contributed by atoms with van der Waals surface area (Å²) in [5.74, 6) is -3.84. The Hall–Kier alpha value is -3.23. The first-order valence-corrected chi connectivity index (χ1v) is 15.0. The van der Waals surface area contributed by atoms with E-state index in [1.807, 2.05) is 0 Å². The molecule has 0 heterocycles. The number of ketones is 2. The number of esters is 1. The minimum absolute atomic E-state index is 0.0454. The third-order valence-corrected chi connectivity index (χ3v) is 10.5. The minimum atomic E-state index is -2.41. The molecule has 0 radical (unpaired) electrons. The molecule has 0 aliphatic heterocycles. The smallest absolute Gasteiger partial charge is 0.308 e. The number of fused-ring (bicyclic) bond motifs is 5. The van der Waals surface area contributed by atoms with Crippen LogP contribution in [0.5, 0.6) is 0 Å². The number of carbonyl (C=O) groups excluding carboxylic acids is 4. The Morgan fingerprint density at radius 2 is 1.86 bits per heavy atom. The van der Waals surface area contributed by atoms with E-state index in [-0.39, 0.29) is 63.4 Å². The van der Waals surface area contributed by atoms with Crippen LogP contribution in [0.3, 0.4) is 0 Å². The van der Waals surface area contributed by atoms with E-state index in [1.165, 1.54) is 12.2 Å². The molecule has 8 atom stereocenters. The predicted octanol–water partition coefficient (Wildman–Crippen LogP) is 1.45. The van der Waals surface area contributed by atoms with Crippen molar-refractivity contribution < 1.29 is 53.5 Å². The van der Waals surface area contributed by atoms with Gasteiger partial charge in [-0.1, -0.05) is 31.1 Å². The molecule has 13 nitrogen and oxygen atoms in total. The van der Waals surface area contributed by atoms with Gasteiger partial charge in [0.05, 0.1) is 25.2 Å². The number of aliphatic hydroxyl groups is 3. The topological polar surface area (TPSA) is 203 Å². The molecule has 4 aliphatic carbocycles. The SMILES string of the molecule is C[C@]12C=CC(=O)CC1=CC[C@H]1[C@@H]3C[C@@H](O)[C@](O)(C(=O)COC(=O)CCNC(=O)CCCCCO[N+](=O)[O-])[C@@]3(C)C[C@H](O)[C@@]12F. The number of aliphatic hydroxyl groups excluding tert-OH is 2. The van der Waals surface area contributed by atoms with Crippen molar-refractivity contribution in [1.82, 2.24) is 5.32 Å². The Bertz CT molecular complexity index is 1260. The highest BCUT2D eigenvalue weighted by molar-refractivity contribution is 5.94. The lowest BCUT2D eigenvalue weighted by Gasteiger charge is -2.61.